The first kappa shape index (κ1) is 18.9. The van der Waals surface area contributed by atoms with E-state index >= 15 is 0 Å². The third-order valence-corrected chi connectivity index (χ3v) is 4.55. The molecule has 0 fully saturated rings. The summed E-state index contributed by atoms with van der Waals surface area (Å²) in [6.45, 7) is 1.94. The topological polar surface area (TPSA) is 51.2 Å². The Morgan fingerprint density at radius 1 is 1.11 bits per heavy atom. The highest BCUT2D eigenvalue weighted by Gasteiger charge is 2.30. The molecule has 1 heterocycles. The molecule has 0 radical (unpaired) electrons. The van der Waals surface area contributed by atoms with E-state index in [2.05, 4.69) is 10.3 Å². The van der Waals surface area contributed by atoms with E-state index in [-0.39, 0.29) is 6.61 Å². The number of halogens is 3. The zero-order valence-electron chi connectivity index (χ0n) is 14.2. The molecule has 4 nitrogen and oxygen atoms in total. The maximum Gasteiger partial charge on any atom is 0.416 e. The zero-order valence-corrected chi connectivity index (χ0v) is 15.0. The van der Waals surface area contributed by atoms with Crippen LogP contribution >= 0.6 is 11.3 Å². The van der Waals surface area contributed by atoms with Gasteiger partial charge >= 0.3 is 12.1 Å². The molecule has 1 aromatic heterocycles. The molecule has 27 heavy (non-hydrogen) atoms. The minimum atomic E-state index is -4.39. The fourth-order valence-corrected chi connectivity index (χ4v) is 3.27. The predicted molar refractivity (Wildman–Crippen MR) is 98.2 cm³/mol. The number of anilines is 2. The van der Waals surface area contributed by atoms with Crippen molar-refractivity contribution in [3.05, 3.63) is 65.0 Å². The maximum absolute atomic E-state index is 12.7. The Kier molecular flexibility index (Phi) is 5.46. The summed E-state index contributed by atoms with van der Waals surface area (Å²) >= 11 is 1.09. The lowest BCUT2D eigenvalue weighted by molar-refractivity contribution is -0.137. The van der Waals surface area contributed by atoms with Crippen molar-refractivity contribution in [2.75, 3.05) is 11.9 Å². The van der Waals surface area contributed by atoms with E-state index in [9.17, 15) is 18.0 Å². The Morgan fingerprint density at radius 2 is 1.78 bits per heavy atom. The van der Waals surface area contributed by atoms with Crippen LogP contribution in [-0.2, 0) is 10.9 Å². The normalized spacial score (nSPS) is 11.3. The number of aromatic nitrogens is 1. The molecule has 0 spiro atoms. The molecule has 0 saturated heterocycles. The molecule has 0 unspecified atom stereocenters. The highest BCUT2D eigenvalue weighted by molar-refractivity contribution is 7.18. The fourth-order valence-electron chi connectivity index (χ4n) is 2.37. The van der Waals surface area contributed by atoms with Gasteiger partial charge in [0, 0.05) is 11.3 Å². The summed E-state index contributed by atoms with van der Waals surface area (Å²) in [6.07, 6.45) is -4.39. The number of benzene rings is 2. The van der Waals surface area contributed by atoms with Gasteiger partial charge in [-0.05, 0) is 31.2 Å². The summed E-state index contributed by atoms with van der Waals surface area (Å²) in [5.74, 6) is -0.491. The number of thiazole rings is 1. The number of hydrogen-bond donors (Lipinski definition) is 1. The van der Waals surface area contributed by atoms with Crippen LogP contribution in [0.25, 0.3) is 11.3 Å². The van der Waals surface area contributed by atoms with Gasteiger partial charge in [0.15, 0.2) is 5.13 Å². The van der Waals surface area contributed by atoms with Crippen LogP contribution in [0.2, 0.25) is 0 Å². The van der Waals surface area contributed by atoms with Gasteiger partial charge in [0.25, 0.3) is 0 Å². The van der Waals surface area contributed by atoms with Crippen molar-refractivity contribution in [2.45, 2.75) is 13.1 Å². The lowest BCUT2D eigenvalue weighted by Gasteiger charge is -2.07. The van der Waals surface area contributed by atoms with Crippen molar-refractivity contribution in [3.8, 4) is 11.3 Å². The van der Waals surface area contributed by atoms with Crippen LogP contribution in [0, 0.1) is 0 Å². The van der Waals surface area contributed by atoms with Gasteiger partial charge in [-0.2, -0.15) is 13.2 Å². The second-order valence-corrected chi connectivity index (χ2v) is 6.48. The fraction of sp³-hybridized carbons (Fsp3) is 0.158. The van der Waals surface area contributed by atoms with E-state index in [0.29, 0.717) is 21.4 Å². The van der Waals surface area contributed by atoms with Crippen molar-refractivity contribution in [3.63, 3.8) is 0 Å². The smallest absolute Gasteiger partial charge is 0.416 e. The Hall–Kier alpha value is -2.87. The van der Waals surface area contributed by atoms with Gasteiger partial charge in [-0.15, -0.1) is 0 Å². The number of nitrogens with one attached hydrogen (secondary N) is 1. The van der Waals surface area contributed by atoms with E-state index in [1.165, 1.54) is 12.1 Å². The number of rotatable bonds is 5. The molecule has 2 aromatic carbocycles. The van der Waals surface area contributed by atoms with Crippen LogP contribution in [0.5, 0.6) is 0 Å². The molecule has 0 atom stereocenters. The number of nitrogens with zero attached hydrogens (tertiary/aromatic N) is 1. The van der Waals surface area contributed by atoms with Crippen LogP contribution in [0.3, 0.4) is 0 Å². The van der Waals surface area contributed by atoms with Crippen molar-refractivity contribution < 1.29 is 22.7 Å². The van der Waals surface area contributed by atoms with Gasteiger partial charge in [0.1, 0.15) is 4.88 Å². The second kappa shape index (κ2) is 7.79. The highest BCUT2D eigenvalue weighted by Crippen LogP contribution is 2.34. The minimum absolute atomic E-state index is 0.229. The number of esters is 1. The average Bonchev–Trinajstić information content (AvgIpc) is 3.06. The largest absolute Gasteiger partial charge is 0.462 e. The minimum Gasteiger partial charge on any atom is -0.462 e. The van der Waals surface area contributed by atoms with Gasteiger partial charge in [-0.3, -0.25) is 0 Å². The second-order valence-electron chi connectivity index (χ2n) is 5.48. The van der Waals surface area contributed by atoms with Gasteiger partial charge in [0.2, 0.25) is 0 Å². The summed E-state index contributed by atoms with van der Waals surface area (Å²) in [6, 6.07) is 13.7. The summed E-state index contributed by atoms with van der Waals surface area (Å²) in [4.78, 5) is 17.0. The Labute approximate surface area is 157 Å². The van der Waals surface area contributed by atoms with Crippen LogP contribution in [0.1, 0.15) is 22.2 Å². The molecule has 140 valence electrons. The standard InChI is InChI=1S/C19H15F3N2O2S/c1-2-26-17(25)16-15(12-6-4-3-5-7-12)24-18(27-16)23-14-10-8-13(9-11-14)19(20,21)22/h3-11H,2H2,1H3,(H,23,24). The molecule has 0 amide bonds. The van der Waals surface area contributed by atoms with Crippen molar-refractivity contribution >= 4 is 28.1 Å². The summed E-state index contributed by atoms with van der Waals surface area (Å²) in [7, 11) is 0. The van der Waals surface area contributed by atoms with E-state index in [0.717, 1.165) is 29.0 Å². The van der Waals surface area contributed by atoms with Gasteiger partial charge in [-0.1, -0.05) is 41.7 Å². The quantitative estimate of drug-likeness (QED) is 0.562. The number of alkyl halides is 3. The molecule has 0 aliphatic heterocycles. The first-order valence-electron chi connectivity index (χ1n) is 8.06. The van der Waals surface area contributed by atoms with Crippen LogP contribution < -0.4 is 5.32 Å². The average molecular weight is 392 g/mol. The zero-order chi connectivity index (χ0) is 19.4. The Balaban J connectivity index is 1.91. The summed E-state index contributed by atoms with van der Waals surface area (Å²) in [5.41, 5.74) is 0.918. The van der Waals surface area contributed by atoms with Gasteiger partial charge in [-0.25, -0.2) is 9.78 Å². The monoisotopic (exact) mass is 392 g/mol. The molecular weight excluding hydrogens is 377 g/mol. The van der Waals surface area contributed by atoms with E-state index in [1.807, 2.05) is 30.3 Å². The molecule has 3 rings (SSSR count). The molecule has 0 bridgehead atoms. The molecule has 0 aliphatic carbocycles. The number of hydrogen-bond acceptors (Lipinski definition) is 5. The Morgan fingerprint density at radius 3 is 2.37 bits per heavy atom. The third kappa shape index (κ3) is 4.46. The van der Waals surface area contributed by atoms with Gasteiger partial charge < -0.3 is 10.1 Å². The summed E-state index contributed by atoms with van der Waals surface area (Å²) in [5, 5.41) is 3.33. The lowest BCUT2D eigenvalue weighted by atomic mass is 10.1. The highest BCUT2D eigenvalue weighted by atomic mass is 32.1. The predicted octanol–water partition coefficient (Wildman–Crippen LogP) is 5.75. The van der Waals surface area contributed by atoms with Crippen molar-refractivity contribution in [1.29, 1.82) is 0 Å². The first-order chi connectivity index (χ1) is 12.9. The Bertz CT molecular complexity index is 922. The molecular formula is C19H15F3N2O2S. The number of carbonyl (C=O) groups is 1. The first-order valence-corrected chi connectivity index (χ1v) is 8.87. The lowest BCUT2D eigenvalue weighted by Crippen LogP contribution is -2.04. The van der Waals surface area contributed by atoms with E-state index in [1.54, 1.807) is 6.92 Å². The van der Waals surface area contributed by atoms with Crippen LogP contribution in [0.4, 0.5) is 24.0 Å². The van der Waals surface area contributed by atoms with Crippen LogP contribution in [-0.4, -0.2) is 17.6 Å². The van der Waals surface area contributed by atoms with E-state index < -0.39 is 17.7 Å². The molecule has 3 aromatic rings. The van der Waals surface area contributed by atoms with Crippen molar-refractivity contribution in [2.24, 2.45) is 0 Å². The van der Waals surface area contributed by atoms with Crippen LogP contribution in [0.15, 0.2) is 54.6 Å². The number of carbonyl (C=O) groups excluding carboxylic acids is 1. The van der Waals surface area contributed by atoms with Gasteiger partial charge in [0.05, 0.1) is 17.9 Å². The molecule has 0 saturated carbocycles. The third-order valence-electron chi connectivity index (χ3n) is 3.60. The molecule has 8 heteroatoms. The number of ether oxygens (including phenoxy) is 1. The molecule has 1 N–H and O–H groups in total. The SMILES string of the molecule is CCOC(=O)c1sc(Nc2ccc(C(F)(F)F)cc2)nc1-c1ccccc1. The molecule has 0 aliphatic rings. The van der Waals surface area contributed by atoms with E-state index in [4.69, 9.17) is 4.74 Å². The summed E-state index contributed by atoms with van der Waals surface area (Å²) < 4.78 is 43.1. The van der Waals surface area contributed by atoms with Crippen molar-refractivity contribution in [1.82, 2.24) is 4.98 Å². The maximum atomic E-state index is 12.7.